The van der Waals surface area contributed by atoms with Crippen molar-refractivity contribution in [3.63, 3.8) is 0 Å². The number of fused-ring (bicyclic) bond motifs is 1. The summed E-state index contributed by atoms with van der Waals surface area (Å²) in [7, 11) is 0. The molecule has 18 heavy (non-hydrogen) atoms. The van der Waals surface area contributed by atoms with Crippen molar-refractivity contribution in [2.24, 2.45) is 5.73 Å². The first-order chi connectivity index (χ1) is 8.84. The summed E-state index contributed by atoms with van der Waals surface area (Å²) < 4.78 is 0. The van der Waals surface area contributed by atoms with Gasteiger partial charge in [-0.1, -0.05) is 30.3 Å². The molecule has 2 heterocycles. The molecule has 2 atom stereocenters. The Balaban J connectivity index is 1.80. The van der Waals surface area contributed by atoms with E-state index in [-0.39, 0.29) is 12.1 Å². The molecule has 0 aliphatic carbocycles. The summed E-state index contributed by atoms with van der Waals surface area (Å²) in [6.45, 7) is 0.800. The van der Waals surface area contributed by atoms with E-state index in [0.717, 1.165) is 23.6 Å². The van der Waals surface area contributed by atoms with E-state index in [1.165, 1.54) is 0 Å². The second-order valence-electron chi connectivity index (χ2n) is 4.47. The normalized spacial score (nSPS) is 19.3. The zero-order valence-electron chi connectivity index (χ0n) is 10.0. The Kier molecular flexibility index (Phi) is 2.86. The van der Waals surface area contributed by atoms with Crippen LogP contribution in [0.5, 0.6) is 0 Å². The average molecular weight is 240 g/mol. The van der Waals surface area contributed by atoms with E-state index in [1.807, 2.05) is 30.3 Å². The van der Waals surface area contributed by atoms with Crippen molar-refractivity contribution in [1.82, 2.24) is 4.98 Å². The minimum atomic E-state index is -0.0474. The highest BCUT2D eigenvalue weighted by Crippen LogP contribution is 2.26. The van der Waals surface area contributed by atoms with Crippen LogP contribution in [0, 0.1) is 0 Å². The van der Waals surface area contributed by atoms with Gasteiger partial charge in [0.15, 0.2) is 0 Å². The number of hydrogen-bond donors (Lipinski definition) is 3. The SMILES string of the molecule is N[C@@H](c1ccccc1)[C@@H]1CNc2cccnc2N1. The van der Waals surface area contributed by atoms with Gasteiger partial charge in [-0.05, 0) is 17.7 Å². The molecule has 2 aromatic rings. The molecular formula is C14H16N4. The first-order valence-corrected chi connectivity index (χ1v) is 6.10. The van der Waals surface area contributed by atoms with Gasteiger partial charge in [-0.15, -0.1) is 0 Å². The minimum Gasteiger partial charge on any atom is -0.380 e. The number of pyridine rings is 1. The van der Waals surface area contributed by atoms with Gasteiger partial charge >= 0.3 is 0 Å². The Morgan fingerprint density at radius 1 is 1.17 bits per heavy atom. The molecule has 1 aliphatic heterocycles. The minimum absolute atomic E-state index is 0.0474. The molecule has 1 aromatic carbocycles. The van der Waals surface area contributed by atoms with Crippen molar-refractivity contribution in [2.75, 3.05) is 17.2 Å². The molecule has 1 aliphatic rings. The lowest BCUT2D eigenvalue weighted by molar-refractivity contribution is 0.592. The summed E-state index contributed by atoms with van der Waals surface area (Å²) in [5.41, 5.74) is 8.47. The fourth-order valence-corrected chi connectivity index (χ4v) is 2.23. The molecule has 4 N–H and O–H groups in total. The Hall–Kier alpha value is -2.07. The highest BCUT2D eigenvalue weighted by molar-refractivity contribution is 5.66. The topological polar surface area (TPSA) is 63.0 Å². The smallest absolute Gasteiger partial charge is 0.149 e. The van der Waals surface area contributed by atoms with Crippen LogP contribution in [0.25, 0.3) is 0 Å². The summed E-state index contributed by atoms with van der Waals surface area (Å²) >= 11 is 0. The third kappa shape index (κ3) is 2.02. The van der Waals surface area contributed by atoms with E-state index < -0.39 is 0 Å². The third-order valence-electron chi connectivity index (χ3n) is 3.26. The van der Waals surface area contributed by atoms with Crippen LogP contribution in [0.15, 0.2) is 48.7 Å². The maximum absolute atomic E-state index is 6.30. The molecule has 0 radical (unpaired) electrons. The largest absolute Gasteiger partial charge is 0.380 e. The summed E-state index contributed by atoms with van der Waals surface area (Å²) in [6, 6.07) is 14.2. The number of anilines is 2. The highest BCUT2D eigenvalue weighted by atomic mass is 15.1. The van der Waals surface area contributed by atoms with Crippen molar-refractivity contribution in [2.45, 2.75) is 12.1 Å². The Morgan fingerprint density at radius 2 is 2.00 bits per heavy atom. The Morgan fingerprint density at radius 3 is 2.83 bits per heavy atom. The molecule has 0 amide bonds. The van der Waals surface area contributed by atoms with Gasteiger partial charge in [0.2, 0.25) is 0 Å². The van der Waals surface area contributed by atoms with Crippen LogP contribution < -0.4 is 16.4 Å². The first kappa shape index (κ1) is 11.0. The number of hydrogen-bond acceptors (Lipinski definition) is 4. The lowest BCUT2D eigenvalue weighted by Crippen LogP contribution is -2.41. The molecule has 0 saturated heterocycles. The van der Waals surface area contributed by atoms with Crippen molar-refractivity contribution < 1.29 is 0 Å². The van der Waals surface area contributed by atoms with E-state index >= 15 is 0 Å². The van der Waals surface area contributed by atoms with Crippen LogP contribution in [-0.2, 0) is 0 Å². The third-order valence-corrected chi connectivity index (χ3v) is 3.26. The number of rotatable bonds is 2. The Bertz CT molecular complexity index is 526. The molecule has 3 rings (SSSR count). The summed E-state index contributed by atoms with van der Waals surface area (Å²) in [5.74, 6) is 0.875. The van der Waals surface area contributed by atoms with Crippen LogP contribution in [0.3, 0.4) is 0 Å². The van der Waals surface area contributed by atoms with Crippen LogP contribution >= 0.6 is 0 Å². The zero-order valence-corrected chi connectivity index (χ0v) is 10.0. The summed E-state index contributed by atoms with van der Waals surface area (Å²) in [4.78, 5) is 4.32. The van der Waals surface area contributed by atoms with Crippen LogP contribution in [-0.4, -0.2) is 17.6 Å². The van der Waals surface area contributed by atoms with Crippen molar-refractivity contribution in [1.29, 1.82) is 0 Å². The molecule has 1 aromatic heterocycles. The van der Waals surface area contributed by atoms with E-state index in [4.69, 9.17) is 5.73 Å². The maximum atomic E-state index is 6.30. The van der Waals surface area contributed by atoms with Gasteiger partial charge in [0.1, 0.15) is 5.82 Å². The van der Waals surface area contributed by atoms with Gasteiger partial charge in [-0.2, -0.15) is 0 Å². The van der Waals surface area contributed by atoms with Gasteiger partial charge in [-0.3, -0.25) is 0 Å². The zero-order chi connectivity index (χ0) is 12.4. The van der Waals surface area contributed by atoms with E-state index in [2.05, 4.69) is 27.8 Å². The number of benzene rings is 1. The van der Waals surface area contributed by atoms with E-state index in [9.17, 15) is 0 Å². The molecule has 92 valence electrons. The highest BCUT2D eigenvalue weighted by Gasteiger charge is 2.24. The quantitative estimate of drug-likeness (QED) is 0.751. The van der Waals surface area contributed by atoms with Crippen molar-refractivity contribution in [3.8, 4) is 0 Å². The predicted octanol–water partition coefficient (Wildman–Crippen LogP) is 1.99. The van der Waals surface area contributed by atoms with Crippen LogP contribution in [0.2, 0.25) is 0 Å². The van der Waals surface area contributed by atoms with Crippen LogP contribution in [0.4, 0.5) is 11.5 Å². The first-order valence-electron chi connectivity index (χ1n) is 6.10. The number of nitrogens with zero attached hydrogens (tertiary/aromatic N) is 1. The summed E-state index contributed by atoms with van der Waals surface area (Å²) in [6.07, 6.45) is 1.78. The van der Waals surface area contributed by atoms with Crippen molar-refractivity contribution >= 4 is 11.5 Å². The van der Waals surface area contributed by atoms with E-state index in [1.54, 1.807) is 6.20 Å². The van der Waals surface area contributed by atoms with Gasteiger partial charge in [0.05, 0.1) is 17.8 Å². The monoisotopic (exact) mass is 240 g/mol. The standard InChI is InChI=1S/C14H16N4/c15-13(10-5-2-1-3-6-10)12-9-17-11-7-4-8-16-14(11)18-12/h1-8,12-13,17H,9,15H2,(H,16,18)/t12-,13-/m0/s1. The lowest BCUT2D eigenvalue weighted by Gasteiger charge is -2.31. The second kappa shape index (κ2) is 4.66. The number of nitrogens with two attached hydrogens (primary N) is 1. The average Bonchev–Trinajstić information content (AvgIpc) is 2.47. The van der Waals surface area contributed by atoms with Crippen molar-refractivity contribution in [3.05, 3.63) is 54.2 Å². The maximum Gasteiger partial charge on any atom is 0.149 e. The predicted molar refractivity (Wildman–Crippen MR) is 73.5 cm³/mol. The van der Waals surface area contributed by atoms with Gasteiger partial charge < -0.3 is 16.4 Å². The fourth-order valence-electron chi connectivity index (χ4n) is 2.23. The van der Waals surface area contributed by atoms with Gasteiger partial charge in [0, 0.05) is 12.7 Å². The molecule has 4 nitrogen and oxygen atoms in total. The molecule has 0 spiro atoms. The molecular weight excluding hydrogens is 224 g/mol. The molecule has 0 unspecified atom stereocenters. The molecule has 4 heteroatoms. The number of nitrogens with one attached hydrogen (secondary N) is 2. The Labute approximate surface area is 106 Å². The van der Waals surface area contributed by atoms with Gasteiger partial charge in [-0.25, -0.2) is 4.98 Å². The van der Waals surface area contributed by atoms with Crippen LogP contribution in [0.1, 0.15) is 11.6 Å². The van der Waals surface area contributed by atoms with Gasteiger partial charge in [0.25, 0.3) is 0 Å². The molecule has 0 bridgehead atoms. The summed E-state index contributed by atoms with van der Waals surface area (Å²) in [5, 5.41) is 6.75. The lowest BCUT2D eigenvalue weighted by atomic mass is 9.99. The van der Waals surface area contributed by atoms with E-state index in [0.29, 0.717) is 0 Å². The molecule has 0 fully saturated rings. The fraction of sp³-hybridized carbons (Fsp3) is 0.214. The second-order valence-corrected chi connectivity index (χ2v) is 4.47. The number of aromatic nitrogens is 1. The molecule has 0 saturated carbocycles.